The molecule has 0 aliphatic carbocycles. The van der Waals surface area contributed by atoms with E-state index in [1.807, 2.05) is 0 Å². The molecular weight excluding hydrogens is 282 g/mol. The van der Waals surface area contributed by atoms with Crippen molar-refractivity contribution in [3.63, 3.8) is 0 Å². The molecule has 1 aliphatic rings. The summed E-state index contributed by atoms with van der Waals surface area (Å²) >= 11 is 0. The molecule has 0 radical (unpaired) electrons. The first kappa shape index (κ1) is 16.5. The number of carbonyl (C=O) groups excluding carboxylic acids is 2. The van der Waals surface area contributed by atoms with Gasteiger partial charge in [-0.3, -0.25) is 9.59 Å². The van der Waals surface area contributed by atoms with E-state index in [0.717, 1.165) is 25.9 Å². The first-order chi connectivity index (χ1) is 10.6. The third-order valence-electron chi connectivity index (χ3n) is 3.93. The van der Waals surface area contributed by atoms with Gasteiger partial charge >= 0.3 is 0 Å². The average Bonchev–Trinajstić information content (AvgIpc) is 2.50. The molecule has 0 saturated carbocycles. The van der Waals surface area contributed by atoms with Crippen molar-refractivity contribution in [2.24, 2.45) is 5.41 Å². The zero-order chi connectivity index (χ0) is 16.0. The fourth-order valence-electron chi connectivity index (χ4n) is 2.72. The molecule has 1 fully saturated rings. The molecule has 6 nitrogen and oxygen atoms in total. The SMILES string of the molecule is COCC1(C(=O)Nc2ccc(NC(C)=O)cc2)CCNCC1. The van der Waals surface area contributed by atoms with Crippen molar-refractivity contribution in [1.29, 1.82) is 0 Å². The van der Waals surface area contributed by atoms with Gasteiger partial charge in [-0.05, 0) is 50.2 Å². The standard InChI is InChI=1S/C16H23N3O3/c1-12(20)18-13-3-5-14(6-4-13)19-15(21)16(11-22-2)7-9-17-10-8-16/h3-6,17H,7-11H2,1-2H3,(H,18,20)(H,19,21). The predicted molar refractivity (Wildman–Crippen MR) is 85.8 cm³/mol. The molecule has 1 aliphatic heterocycles. The molecule has 0 aromatic heterocycles. The van der Waals surface area contributed by atoms with Gasteiger partial charge in [-0.25, -0.2) is 0 Å². The van der Waals surface area contributed by atoms with Crippen LogP contribution in [0.1, 0.15) is 19.8 Å². The smallest absolute Gasteiger partial charge is 0.233 e. The maximum absolute atomic E-state index is 12.7. The molecule has 0 bridgehead atoms. The van der Waals surface area contributed by atoms with Crippen molar-refractivity contribution in [3.05, 3.63) is 24.3 Å². The highest BCUT2D eigenvalue weighted by Gasteiger charge is 2.39. The fourth-order valence-corrected chi connectivity index (χ4v) is 2.72. The molecule has 6 heteroatoms. The van der Waals surface area contributed by atoms with Crippen molar-refractivity contribution in [2.45, 2.75) is 19.8 Å². The van der Waals surface area contributed by atoms with Gasteiger partial charge in [0.05, 0.1) is 12.0 Å². The number of anilines is 2. The summed E-state index contributed by atoms with van der Waals surface area (Å²) in [5, 5.41) is 8.92. The van der Waals surface area contributed by atoms with Crippen molar-refractivity contribution in [1.82, 2.24) is 5.32 Å². The summed E-state index contributed by atoms with van der Waals surface area (Å²) in [4.78, 5) is 23.6. The van der Waals surface area contributed by atoms with Gasteiger partial charge in [0.25, 0.3) is 0 Å². The molecule has 2 amide bonds. The Labute approximate surface area is 130 Å². The zero-order valence-corrected chi connectivity index (χ0v) is 13.1. The topological polar surface area (TPSA) is 79.5 Å². The second-order valence-electron chi connectivity index (χ2n) is 5.68. The molecule has 1 saturated heterocycles. The Balaban J connectivity index is 2.04. The fraction of sp³-hybridized carbons (Fsp3) is 0.500. The summed E-state index contributed by atoms with van der Waals surface area (Å²) in [6.07, 6.45) is 1.52. The van der Waals surface area contributed by atoms with E-state index in [1.165, 1.54) is 6.92 Å². The number of piperidine rings is 1. The molecular formula is C16H23N3O3. The summed E-state index contributed by atoms with van der Waals surface area (Å²) in [6.45, 7) is 3.52. The molecule has 0 unspecified atom stereocenters. The lowest BCUT2D eigenvalue weighted by atomic mass is 9.78. The number of benzene rings is 1. The molecule has 1 aromatic rings. The van der Waals surface area contributed by atoms with Gasteiger partial charge in [-0.15, -0.1) is 0 Å². The number of hydrogen-bond acceptors (Lipinski definition) is 4. The van der Waals surface area contributed by atoms with Crippen molar-refractivity contribution < 1.29 is 14.3 Å². The largest absolute Gasteiger partial charge is 0.384 e. The van der Waals surface area contributed by atoms with E-state index >= 15 is 0 Å². The van der Waals surface area contributed by atoms with E-state index in [4.69, 9.17) is 4.74 Å². The summed E-state index contributed by atoms with van der Waals surface area (Å²) in [7, 11) is 1.62. The lowest BCUT2D eigenvalue weighted by molar-refractivity contribution is -0.130. The van der Waals surface area contributed by atoms with Crippen molar-refractivity contribution in [3.8, 4) is 0 Å². The van der Waals surface area contributed by atoms with Crippen LogP contribution in [0.15, 0.2) is 24.3 Å². The Morgan fingerprint density at radius 2 is 1.68 bits per heavy atom. The summed E-state index contributed by atoms with van der Waals surface area (Å²) < 4.78 is 5.27. The Morgan fingerprint density at radius 1 is 1.14 bits per heavy atom. The minimum Gasteiger partial charge on any atom is -0.384 e. The average molecular weight is 305 g/mol. The van der Waals surface area contributed by atoms with Gasteiger partial charge in [0.15, 0.2) is 0 Å². The minimum atomic E-state index is -0.476. The Hall–Kier alpha value is -1.92. The molecule has 2 rings (SSSR count). The lowest BCUT2D eigenvalue weighted by Gasteiger charge is -2.35. The van der Waals surface area contributed by atoms with Crippen LogP contribution in [0.5, 0.6) is 0 Å². The lowest BCUT2D eigenvalue weighted by Crippen LogP contribution is -2.47. The Bertz CT molecular complexity index is 516. The van der Waals surface area contributed by atoms with E-state index in [9.17, 15) is 9.59 Å². The second kappa shape index (κ2) is 7.38. The van der Waals surface area contributed by atoms with E-state index in [2.05, 4.69) is 16.0 Å². The number of carbonyl (C=O) groups is 2. The van der Waals surface area contributed by atoms with E-state index in [1.54, 1.807) is 31.4 Å². The van der Waals surface area contributed by atoms with Gasteiger partial charge in [0.2, 0.25) is 11.8 Å². The Morgan fingerprint density at radius 3 is 2.18 bits per heavy atom. The van der Waals surface area contributed by atoms with Gasteiger partial charge in [0, 0.05) is 25.4 Å². The quantitative estimate of drug-likeness (QED) is 0.772. The van der Waals surface area contributed by atoms with Crippen molar-refractivity contribution in [2.75, 3.05) is 37.4 Å². The number of nitrogens with one attached hydrogen (secondary N) is 3. The van der Waals surface area contributed by atoms with Crippen LogP contribution in [-0.2, 0) is 14.3 Å². The van der Waals surface area contributed by atoms with E-state index in [-0.39, 0.29) is 11.8 Å². The monoisotopic (exact) mass is 305 g/mol. The molecule has 1 aromatic carbocycles. The van der Waals surface area contributed by atoms with Crippen LogP contribution in [0.2, 0.25) is 0 Å². The third kappa shape index (κ3) is 4.05. The number of rotatable bonds is 5. The second-order valence-corrected chi connectivity index (χ2v) is 5.68. The van der Waals surface area contributed by atoms with Gasteiger partial charge in [-0.2, -0.15) is 0 Å². The van der Waals surface area contributed by atoms with Crippen molar-refractivity contribution >= 4 is 23.2 Å². The first-order valence-electron chi connectivity index (χ1n) is 7.44. The van der Waals surface area contributed by atoms with Crippen LogP contribution in [0.25, 0.3) is 0 Å². The van der Waals surface area contributed by atoms with Gasteiger partial charge in [-0.1, -0.05) is 0 Å². The van der Waals surface area contributed by atoms with Crippen LogP contribution in [0, 0.1) is 5.41 Å². The maximum atomic E-state index is 12.7. The molecule has 0 spiro atoms. The normalized spacial score (nSPS) is 16.8. The summed E-state index contributed by atoms with van der Waals surface area (Å²) in [5.41, 5.74) is 0.947. The van der Waals surface area contributed by atoms with Crippen LogP contribution in [-0.4, -0.2) is 38.6 Å². The van der Waals surface area contributed by atoms with E-state index in [0.29, 0.717) is 18.0 Å². The van der Waals surface area contributed by atoms with Gasteiger partial charge < -0.3 is 20.7 Å². The minimum absolute atomic E-state index is 0.0110. The predicted octanol–water partition coefficient (Wildman–Crippen LogP) is 1.60. The van der Waals surface area contributed by atoms with Crippen LogP contribution >= 0.6 is 0 Å². The van der Waals surface area contributed by atoms with Crippen LogP contribution in [0.4, 0.5) is 11.4 Å². The summed E-state index contributed by atoms with van der Waals surface area (Å²) in [5.74, 6) is -0.131. The third-order valence-corrected chi connectivity index (χ3v) is 3.93. The zero-order valence-electron chi connectivity index (χ0n) is 13.1. The number of methoxy groups -OCH3 is 1. The highest BCUT2D eigenvalue weighted by Crippen LogP contribution is 2.31. The molecule has 120 valence electrons. The Kier molecular flexibility index (Phi) is 5.51. The molecule has 1 heterocycles. The number of hydrogen-bond donors (Lipinski definition) is 3. The molecule has 3 N–H and O–H groups in total. The van der Waals surface area contributed by atoms with Gasteiger partial charge in [0.1, 0.15) is 0 Å². The first-order valence-corrected chi connectivity index (χ1v) is 7.44. The number of amides is 2. The molecule has 22 heavy (non-hydrogen) atoms. The number of ether oxygens (including phenoxy) is 1. The molecule has 0 atom stereocenters. The van der Waals surface area contributed by atoms with Crippen LogP contribution < -0.4 is 16.0 Å². The highest BCUT2D eigenvalue weighted by atomic mass is 16.5. The highest BCUT2D eigenvalue weighted by molar-refractivity contribution is 5.96. The maximum Gasteiger partial charge on any atom is 0.233 e. The van der Waals surface area contributed by atoms with E-state index < -0.39 is 5.41 Å². The summed E-state index contributed by atoms with van der Waals surface area (Å²) in [6, 6.07) is 7.10. The van der Waals surface area contributed by atoms with Crippen LogP contribution in [0.3, 0.4) is 0 Å².